The zero-order chi connectivity index (χ0) is 12.8. The van der Waals surface area contributed by atoms with E-state index in [1.165, 1.54) is 25.7 Å². The van der Waals surface area contributed by atoms with E-state index in [1.54, 1.807) is 6.92 Å². The average Bonchev–Trinajstić information content (AvgIpc) is 2.29. The highest BCUT2D eigenvalue weighted by molar-refractivity contribution is 5.81. The number of Topliss-reactive ketones (excluding diaryl/α,β-unsaturated/α-hetero) is 1. The van der Waals surface area contributed by atoms with E-state index in [1.807, 2.05) is 0 Å². The molecule has 3 nitrogen and oxygen atoms in total. The summed E-state index contributed by atoms with van der Waals surface area (Å²) in [5.74, 6) is 1.03. The Morgan fingerprint density at radius 2 is 1.88 bits per heavy atom. The van der Waals surface area contributed by atoms with Gasteiger partial charge >= 0.3 is 0 Å². The van der Waals surface area contributed by atoms with Crippen LogP contribution in [0.1, 0.15) is 46.0 Å². The molecule has 1 aliphatic rings. The highest BCUT2D eigenvalue weighted by atomic mass is 16.1. The van der Waals surface area contributed by atoms with Crippen molar-refractivity contribution in [2.75, 3.05) is 20.6 Å². The standard InChI is InChI=1S/C14H28N2O/c1-5-15-14(11(2)17)10-12-6-8-13(9-7-12)16(3)4/h12-15H,5-10H2,1-4H3. The Bertz CT molecular complexity index is 232. The molecule has 1 unspecified atom stereocenters. The summed E-state index contributed by atoms with van der Waals surface area (Å²) in [5.41, 5.74) is 0. The van der Waals surface area contributed by atoms with Gasteiger partial charge in [0.05, 0.1) is 6.04 Å². The average molecular weight is 240 g/mol. The van der Waals surface area contributed by atoms with Crippen LogP contribution in [-0.2, 0) is 4.79 Å². The Morgan fingerprint density at radius 3 is 2.29 bits per heavy atom. The van der Waals surface area contributed by atoms with Gasteiger partial charge in [-0.2, -0.15) is 0 Å². The van der Waals surface area contributed by atoms with Gasteiger partial charge in [0, 0.05) is 6.04 Å². The fourth-order valence-electron chi connectivity index (χ4n) is 2.87. The zero-order valence-electron chi connectivity index (χ0n) is 11.8. The Labute approximate surface area is 106 Å². The van der Waals surface area contributed by atoms with Crippen LogP contribution in [0.4, 0.5) is 0 Å². The third-order valence-electron chi connectivity index (χ3n) is 4.06. The molecule has 0 aliphatic heterocycles. The van der Waals surface area contributed by atoms with Gasteiger partial charge in [-0.05, 0) is 65.6 Å². The summed E-state index contributed by atoms with van der Waals surface area (Å²) in [4.78, 5) is 13.8. The number of likely N-dealkylation sites (N-methyl/N-ethyl adjacent to an activating group) is 1. The van der Waals surface area contributed by atoms with Crippen LogP contribution in [0.5, 0.6) is 0 Å². The number of carbonyl (C=O) groups is 1. The topological polar surface area (TPSA) is 32.3 Å². The molecule has 0 spiro atoms. The molecule has 1 aliphatic carbocycles. The highest BCUT2D eigenvalue weighted by Crippen LogP contribution is 2.29. The summed E-state index contributed by atoms with van der Waals surface area (Å²) in [6, 6.07) is 0.835. The third kappa shape index (κ3) is 4.76. The highest BCUT2D eigenvalue weighted by Gasteiger charge is 2.25. The largest absolute Gasteiger partial charge is 0.308 e. The quantitative estimate of drug-likeness (QED) is 0.771. The van der Waals surface area contributed by atoms with E-state index in [0.29, 0.717) is 5.78 Å². The molecule has 100 valence electrons. The van der Waals surface area contributed by atoms with Gasteiger partial charge in [-0.25, -0.2) is 0 Å². The first-order valence-corrected chi connectivity index (χ1v) is 6.94. The van der Waals surface area contributed by atoms with Crippen molar-refractivity contribution >= 4 is 5.78 Å². The summed E-state index contributed by atoms with van der Waals surface area (Å²) in [7, 11) is 4.34. The zero-order valence-corrected chi connectivity index (χ0v) is 11.8. The van der Waals surface area contributed by atoms with Crippen molar-refractivity contribution in [1.29, 1.82) is 0 Å². The molecule has 3 heteroatoms. The van der Waals surface area contributed by atoms with Crippen molar-refractivity contribution in [1.82, 2.24) is 10.2 Å². The molecule has 17 heavy (non-hydrogen) atoms. The molecule has 1 atom stereocenters. The molecule has 0 heterocycles. The molecule has 0 saturated heterocycles. The van der Waals surface area contributed by atoms with Crippen molar-refractivity contribution in [2.45, 2.75) is 58.0 Å². The van der Waals surface area contributed by atoms with Gasteiger partial charge < -0.3 is 10.2 Å². The summed E-state index contributed by atoms with van der Waals surface area (Å²) < 4.78 is 0. The van der Waals surface area contributed by atoms with E-state index in [4.69, 9.17) is 0 Å². The van der Waals surface area contributed by atoms with Gasteiger partial charge in [-0.3, -0.25) is 4.79 Å². The maximum absolute atomic E-state index is 11.5. The minimum Gasteiger partial charge on any atom is -0.308 e. The van der Waals surface area contributed by atoms with Gasteiger partial charge in [0.2, 0.25) is 0 Å². The van der Waals surface area contributed by atoms with E-state index in [2.05, 4.69) is 31.2 Å². The Kier molecular flexibility index (Phi) is 6.14. The molecule has 0 amide bonds. The SMILES string of the molecule is CCNC(CC1CCC(N(C)C)CC1)C(C)=O. The lowest BCUT2D eigenvalue weighted by molar-refractivity contribution is -0.119. The molecule has 0 radical (unpaired) electrons. The van der Waals surface area contributed by atoms with Crippen LogP contribution in [0.3, 0.4) is 0 Å². The minimum atomic E-state index is 0.0842. The molecule has 1 rings (SSSR count). The van der Waals surface area contributed by atoms with Crippen LogP contribution in [0.25, 0.3) is 0 Å². The summed E-state index contributed by atoms with van der Waals surface area (Å²) >= 11 is 0. The molecule has 0 bridgehead atoms. The van der Waals surface area contributed by atoms with Crippen molar-refractivity contribution in [2.24, 2.45) is 5.92 Å². The van der Waals surface area contributed by atoms with Gasteiger partial charge in [-0.15, -0.1) is 0 Å². The van der Waals surface area contributed by atoms with E-state index in [-0.39, 0.29) is 6.04 Å². The van der Waals surface area contributed by atoms with Crippen LogP contribution in [0, 0.1) is 5.92 Å². The molecule has 1 N–H and O–H groups in total. The molecule has 0 aromatic carbocycles. The summed E-state index contributed by atoms with van der Waals surface area (Å²) in [6.45, 7) is 4.66. The van der Waals surface area contributed by atoms with E-state index in [0.717, 1.165) is 24.9 Å². The van der Waals surface area contributed by atoms with Crippen molar-refractivity contribution in [3.63, 3.8) is 0 Å². The van der Waals surface area contributed by atoms with Crippen molar-refractivity contribution in [3.8, 4) is 0 Å². The monoisotopic (exact) mass is 240 g/mol. The molecule has 1 saturated carbocycles. The molecule has 0 aromatic heterocycles. The second-order valence-corrected chi connectivity index (χ2v) is 5.59. The molecular weight excluding hydrogens is 212 g/mol. The lowest BCUT2D eigenvalue weighted by Gasteiger charge is -2.33. The van der Waals surface area contributed by atoms with Crippen molar-refractivity contribution in [3.05, 3.63) is 0 Å². The number of hydrogen-bond acceptors (Lipinski definition) is 3. The molecule has 0 aromatic rings. The Balaban J connectivity index is 2.35. The van der Waals surface area contributed by atoms with E-state index < -0.39 is 0 Å². The fraction of sp³-hybridized carbons (Fsp3) is 0.929. The van der Waals surface area contributed by atoms with E-state index >= 15 is 0 Å². The molecule has 1 fully saturated rings. The maximum Gasteiger partial charge on any atom is 0.146 e. The summed E-state index contributed by atoms with van der Waals surface area (Å²) in [5, 5.41) is 3.30. The summed E-state index contributed by atoms with van der Waals surface area (Å²) in [6.07, 6.45) is 6.15. The third-order valence-corrected chi connectivity index (χ3v) is 4.06. The normalized spacial score (nSPS) is 27.1. The van der Waals surface area contributed by atoms with Crippen LogP contribution in [0.2, 0.25) is 0 Å². The lowest BCUT2D eigenvalue weighted by atomic mass is 9.81. The van der Waals surface area contributed by atoms with Crippen molar-refractivity contribution < 1.29 is 4.79 Å². The Hall–Kier alpha value is -0.410. The lowest BCUT2D eigenvalue weighted by Crippen LogP contribution is -2.39. The van der Waals surface area contributed by atoms with Crippen LogP contribution in [0.15, 0.2) is 0 Å². The van der Waals surface area contributed by atoms with Crippen LogP contribution >= 0.6 is 0 Å². The first kappa shape index (κ1) is 14.7. The minimum absolute atomic E-state index is 0.0842. The maximum atomic E-state index is 11.5. The smallest absolute Gasteiger partial charge is 0.146 e. The van der Waals surface area contributed by atoms with Crippen LogP contribution in [-0.4, -0.2) is 43.4 Å². The number of carbonyl (C=O) groups excluding carboxylic acids is 1. The first-order valence-electron chi connectivity index (χ1n) is 6.94. The number of ketones is 1. The number of nitrogens with one attached hydrogen (secondary N) is 1. The number of rotatable bonds is 6. The Morgan fingerprint density at radius 1 is 1.29 bits per heavy atom. The van der Waals surface area contributed by atoms with E-state index in [9.17, 15) is 4.79 Å². The predicted molar refractivity (Wildman–Crippen MR) is 72.2 cm³/mol. The molecular formula is C14H28N2O. The second kappa shape index (κ2) is 7.12. The number of nitrogens with zero attached hydrogens (tertiary/aromatic N) is 1. The second-order valence-electron chi connectivity index (χ2n) is 5.59. The fourth-order valence-corrected chi connectivity index (χ4v) is 2.87. The number of hydrogen-bond donors (Lipinski definition) is 1. The first-order chi connectivity index (χ1) is 8.04. The van der Waals surface area contributed by atoms with Gasteiger partial charge in [0.1, 0.15) is 5.78 Å². The predicted octanol–water partition coefficient (Wildman–Crippen LogP) is 2.06. The van der Waals surface area contributed by atoms with Gasteiger partial charge in [0.15, 0.2) is 0 Å². The van der Waals surface area contributed by atoms with Gasteiger partial charge in [0.25, 0.3) is 0 Å². The van der Waals surface area contributed by atoms with Crippen LogP contribution < -0.4 is 5.32 Å². The van der Waals surface area contributed by atoms with Gasteiger partial charge in [-0.1, -0.05) is 6.92 Å².